The molecule has 0 radical (unpaired) electrons. The molecule has 86 valence electrons. The number of rotatable bonds is 4. The SMILES string of the molecule is Cc1cscc1CNCC(O)C(F)(F)F. The van der Waals surface area contributed by atoms with Gasteiger partial charge in [-0.15, -0.1) is 0 Å². The van der Waals surface area contributed by atoms with Crippen molar-refractivity contribution in [1.82, 2.24) is 5.32 Å². The molecule has 15 heavy (non-hydrogen) atoms. The first-order valence-corrected chi connectivity index (χ1v) is 5.32. The summed E-state index contributed by atoms with van der Waals surface area (Å²) in [6, 6.07) is 0. The van der Waals surface area contributed by atoms with E-state index in [0.717, 1.165) is 11.1 Å². The van der Waals surface area contributed by atoms with Gasteiger partial charge in [-0.25, -0.2) is 0 Å². The molecule has 0 aliphatic carbocycles. The highest BCUT2D eigenvalue weighted by Gasteiger charge is 2.37. The van der Waals surface area contributed by atoms with Crippen molar-refractivity contribution in [3.63, 3.8) is 0 Å². The lowest BCUT2D eigenvalue weighted by atomic mass is 10.2. The van der Waals surface area contributed by atoms with E-state index in [2.05, 4.69) is 5.32 Å². The standard InChI is InChI=1S/C9H12F3NOS/c1-6-4-15-5-7(6)2-13-3-8(14)9(10,11)12/h4-5,8,13-14H,2-3H2,1H3. The van der Waals surface area contributed by atoms with Crippen molar-refractivity contribution >= 4 is 11.3 Å². The highest BCUT2D eigenvalue weighted by molar-refractivity contribution is 7.08. The fourth-order valence-electron chi connectivity index (χ4n) is 1.03. The van der Waals surface area contributed by atoms with Gasteiger partial charge in [-0.1, -0.05) is 0 Å². The molecule has 0 saturated carbocycles. The first-order chi connectivity index (χ1) is 6.91. The summed E-state index contributed by atoms with van der Waals surface area (Å²) >= 11 is 1.51. The molecule has 0 saturated heterocycles. The summed E-state index contributed by atoms with van der Waals surface area (Å²) in [6.45, 7) is 1.77. The lowest BCUT2D eigenvalue weighted by Crippen LogP contribution is -2.38. The largest absolute Gasteiger partial charge is 0.415 e. The molecule has 0 aliphatic rings. The topological polar surface area (TPSA) is 32.3 Å². The zero-order valence-electron chi connectivity index (χ0n) is 8.14. The molecule has 0 aromatic carbocycles. The molecular weight excluding hydrogens is 227 g/mol. The van der Waals surface area contributed by atoms with Crippen molar-refractivity contribution < 1.29 is 18.3 Å². The predicted molar refractivity (Wildman–Crippen MR) is 52.8 cm³/mol. The molecule has 1 unspecified atom stereocenters. The minimum atomic E-state index is -4.54. The summed E-state index contributed by atoms with van der Waals surface area (Å²) in [6.07, 6.45) is -6.84. The van der Waals surface area contributed by atoms with Gasteiger partial charge in [-0.2, -0.15) is 24.5 Å². The monoisotopic (exact) mass is 239 g/mol. The Kier molecular flexibility index (Phi) is 4.12. The third-order valence-corrected chi connectivity index (χ3v) is 2.90. The molecule has 1 rings (SSSR count). The Morgan fingerprint density at radius 2 is 2.13 bits per heavy atom. The van der Waals surface area contributed by atoms with Crippen molar-refractivity contribution in [2.24, 2.45) is 0 Å². The fraction of sp³-hybridized carbons (Fsp3) is 0.556. The maximum absolute atomic E-state index is 11.9. The Labute approximate surface area is 89.7 Å². The molecule has 0 bridgehead atoms. The Hall–Kier alpha value is -0.590. The van der Waals surface area contributed by atoms with E-state index in [1.165, 1.54) is 11.3 Å². The highest BCUT2D eigenvalue weighted by Crippen LogP contribution is 2.19. The summed E-state index contributed by atoms with van der Waals surface area (Å²) < 4.78 is 35.7. The van der Waals surface area contributed by atoms with Gasteiger partial charge in [-0.05, 0) is 28.8 Å². The van der Waals surface area contributed by atoms with Gasteiger partial charge in [0.05, 0.1) is 0 Å². The van der Waals surface area contributed by atoms with Crippen molar-refractivity contribution in [1.29, 1.82) is 0 Å². The van der Waals surface area contributed by atoms with Gasteiger partial charge < -0.3 is 10.4 Å². The average molecular weight is 239 g/mol. The zero-order chi connectivity index (χ0) is 11.5. The van der Waals surface area contributed by atoms with Crippen molar-refractivity contribution in [2.75, 3.05) is 6.54 Å². The minimum Gasteiger partial charge on any atom is -0.382 e. The lowest BCUT2D eigenvalue weighted by Gasteiger charge is -2.14. The van der Waals surface area contributed by atoms with Crippen LogP contribution in [0.2, 0.25) is 0 Å². The van der Waals surface area contributed by atoms with Crippen LogP contribution in [0.15, 0.2) is 10.8 Å². The zero-order valence-corrected chi connectivity index (χ0v) is 8.95. The second kappa shape index (κ2) is 4.96. The average Bonchev–Trinajstić information content (AvgIpc) is 2.50. The van der Waals surface area contributed by atoms with Gasteiger partial charge in [0.15, 0.2) is 6.10 Å². The molecule has 2 nitrogen and oxygen atoms in total. The number of alkyl halides is 3. The Balaban J connectivity index is 2.31. The number of thiophene rings is 1. The van der Waals surface area contributed by atoms with Crippen molar-refractivity contribution in [3.8, 4) is 0 Å². The molecule has 0 aliphatic heterocycles. The molecule has 1 aromatic rings. The maximum atomic E-state index is 11.9. The normalized spacial score (nSPS) is 14.2. The molecular formula is C9H12F3NOS. The van der Waals surface area contributed by atoms with E-state index in [4.69, 9.17) is 5.11 Å². The Morgan fingerprint density at radius 3 is 2.60 bits per heavy atom. The van der Waals surface area contributed by atoms with Gasteiger partial charge >= 0.3 is 6.18 Å². The molecule has 0 amide bonds. The number of aliphatic hydroxyl groups excluding tert-OH is 1. The Morgan fingerprint density at radius 1 is 1.47 bits per heavy atom. The van der Waals surface area contributed by atoms with Crippen LogP contribution >= 0.6 is 11.3 Å². The summed E-state index contributed by atoms with van der Waals surface area (Å²) in [5.41, 5.74) is 2.02. The first kappa shape index (κ1) is 12.5. The molecule has 0 spiro atoms. The molecule has 0 fully saturated rings. The number of hydrogen-bond acceptors (Lipinski definition) is 3. The van der Waals surface area contributed by atoms with E-state index in [9.17, 15) is 13.2 Å². The van der Waals surface area contributed by atoms with Gasteiger partial charge in [-0.3, -0.25) is 0 Å². The van der Waals surface area contributed by atoms with Crippen LogP contribution in [0.25, 0.3) is 0 Å². The third kappa shape index (κ3) is 3.81. The smallest absolute Gasteiger partial charge is 0.382 e. The molecule has 1 aromatic heterocycles. The Bertz CT molecular complexity index is 311. The maximum Gasteiger partial charge on any atom is 0.415 e. The number of hydrogen-bond donors (Lipinski definition) is 2. The lowest BCUT2D eigenvalue weighted by molar-refractivity contribution is -0.201. The van der Waals surface area contributed by atoms with E-state index in [1.807, 2.05) is 17.7 Å². The summed E-state index contributed by atoms with van der Waals surface area (Å²) in [7, 11) is 0. The summed E-state index contributed by atoms with van der Waals surface area (Å²) in [5, 5.41) is 15.1. The third-order valence-electron chi connectivity index (χ3n) is 1.99. The number of aliphatic hydroxyl groups is 1. The van der Waals surface area contributed by atoms with Crippen LogP contribution in [-0.4, -0.2) is 23.9 Å². The van der Waals surface area contributed by atoms with E-state index in [1.54, 1.807) is 0 Å². The van der Waals surface area contributed by atoms with E-state index in [-0.39, 0.29) is 0 Å². The number of aryl methyl sites for hydroxylation is 1. The molecule has 2 N–H and O–H groups in total. The van der Waals surface area contributed by atoms with Gasteiger partial charge in [0, 0.05) is 13.1 Å². The number of halogens is 3. The highest BCUT2D eigenvalue weighted by atomic mass is 32.1. The van der Waals surface area contributed by atoms with Gasteiger partial charge in [0.25, 0.3) is 0 Å². The van der Waals surface area contributed by atoms with Crippen molar-refractivity contribution in [3.05, 3.63) is 21.9 Å². The van der Waals surface area contributed by atoms with Crippen LogP contribution in [0, 0.1) is 6.92 Å². The van der Waals surface area contributed by atoms with Crippen LogP contribution in [0.4, 0.5) is 13.2 Å². The van der Waals surface area contributed by atoms with Crippen LogP contribution in [0.5, 0.6) is 0 Å². The predicted octanol–water partition coefficient (Wildman–Crippen LogP) is 2.07. The quantitative estimate of drug-likeness (QED) is 0.843. The van der Waals surface area contributed by atoms with E-state index in [0.29, 0.717) is 6.54 Å². The number of nitrogens with one attached hydrogen (secondary N) is 1. The fourth-order valence-corrected chi connectivity index (χ4v) is 1.88. The van der Waals surface area contributed by atoms with Crippen LogP contribution in [-0.2, 0) is 6.54 Å². The van der Waals surface area contributed by atoms with Crippen molar-refractivity contribution in [2.45, 2.75) is 25.7 Å². The second-order valence-corrected chi connectivity index (χ2v) is 4.01. The van der Waals surface area contributed by atoms with Gasteiger partial charge in [0.2, 0.25) is 0 Å². The summed E-state index contributed by atoms with van der Waals surface area (Å²) in [5.74, 6) is 0. The van der Waals surface area contributed by atoms with Crippen LogP contribution in [0.3, 0.4) is 0 Å². The van der Waals surface area contributed by atoms with E-state index < -0.39 is 18.8 Å². The minimum absolute atomic E-state index is 0.350. The first-order valence-electron chi connectivity index (χ1n) is 4.38. The van der Waals surface area contributed by atoms with Gasteiger partial charge in [0.1, 0.15) is 0 Å². The second-order valence-electron chi connectivity index (χ2n) is 3.27. The summed E-state index contributed by atoms with van der Waals surface area (Å²) in [4.78, 5) is 0. The molecule has 1 atom stereocenters. The molecule has 1 heterocycles. The van der Waals surface area contributed by atoms with Crippen LogP contribution < -0.4 is 5.32 Å². The van der Waals surface area contributed by atoms with E-state index >= 15 is 0 Å². The molecule has 6 heteroatoms. The van der Waals surface area contributed by atoms with Crippen LogP contribution in [0.1, 0.15) is 11.1 Å².